The first kappa shape index (κ1) is 20.5. The summed E-state index contributed by atoms with van der Waals surface area (Å²) < 4.78 is 10.5. The highest BCUT2D eigenvalue weighted by molar-refractivity contribution is 8.02. The highest BCUT2D eigenvalue weighted by atomic mass is 32.2. The molecule has 0 radical (unpaired) electrons. The van der Waals surface area contributed by atoms with Gasteiger partial charge in [-0.1, -0.05) is 30.3 Å². The first-order valence-corrected chi connectivity index (χ1v) is 11.2. The lowest BCUT2D eigenvalue weighted by atomic mass is 10.0. The van der Waals surface area contributed by atoms with Gasteiger partial charge >= 0.3 is 0 Å². The molecule has 1 saturated heterocycles. The molecular formula is C25H22N2O4S. The lowest BCUT2D eigenvalue weighted by Gasteiger charge is -2.33. The number of fused-ring (bicyclic) bond motifs is 2. The molecule has 2 amide bonds. The lowest BCUT2D eigenvalue weighted by molar-refractivity contribution is -0.123. The van der Waals surface area contributed by atoms with Crippen LogP contribution in [0.15, 0.2) is 72.8 Å². The van der Waals surface area contributed by atoms with Crippen LogP contribution in [0, 0.1) is 0 Å². The molecule has 2 aliphatic heterocycles. The zero-order valence-electron chi connectivity index (χ0n) is 17.8. The van der Waals surface area contributed by atoms with E-state index in [0.29, 0.717) is 18.0 Å². The Morgan fingerprint density at radius 1 is 0.875 bits per heavy atom. The van der Waals surface area contributed by atoms with Crippen molar-refractivity contribution in [3.05, 3.63) is 83.9 Å². The zero-order valence-corrected chi connectivity index (χ0v) is 18.6. The van der Waals surface area contributed by atoms with Gasteiger partial charge in [0.2, 0.25) is 10.8 Å². The molecule has 3 aromatic carbocycles. The van der Waals surface area contributed by atoms with E-state index in [1.807, 2.05) is 60.7 Å². The number of methoxy groups -OCH3 is 2. The summed E-state index contributed by atoms with van der Waals surface area (Å²) >= 11 is 1.38. The van der Waals surface area contributed by atoms with E-state index < -0.39 is 4.87 Å². The molecule has 7 heteroatoms. The minimum absolute atomic E-state index is 0.0883. The molecule has 2 aliphatic rings. The molecule has 3 aromatic rings. The van der Waals surface area contributed by atoms with E-state index in [0.717, 1.165) is 22.6 Å². The van der Waals surface area contributed by atoms with Gasteiger partial charge in [-0.25, -0.2) is 0 Å². The topological polar surface area (TPSA) is 59.1 Å². The van der Waals surface area contributed by atoms with Crippen LogP contribution in [0.4, 0.5) is 11.4 Å². The second-order valence-electron chi connectivity index (χ2n) is 7.62. The van der Waals surface area contributed by atoms with Crippen molar-refractivity contribution in [3.8, 4) is 11.5 Å². The summed E-state index contributed by atoms with van der Waals surface area (Å²) in [6.45, 7) is 0.410. The number of benzene rings is 3. The van der Waals surface area contributed by atoms with Crippen molar-refractivity contribution in [1.82, 2.24) is 0 Å². The first-order valence-electron chi connectivity index (χ1n) is 10.2. The van der Waals surface area contributed by atoms with Gasteiger partial charge < -0.3 is 14.4 Å². The Balaban J connectivity index is 1.58. The number of carbonyl (C=O) groups is 2. The number of thioether (sulfide) groups is 1. The number of anilines is 2. The Labute approximate surface area is 190 Å². The molecule has 32 heavy (non-hydrogen) atoms. The molecule has 1 fully saturated rings. The number of amides is 2. The molecule has 1 atom stereocenters. The maximum Gasteiger partial charge on any atom is 0.269 e. The lowest BCUT2D eigenvalue weighted by Crippen LogP contribution is -2.49. The van der Waals surface area contributed by atoms with Crippen LogP contribution in [0.1, 0.15) is 11.1 Å². The molecule has 2 heterocycles. The predicted octanol–water partition coefficient (Wildman–Crippen LogP) is 4.18. The van der Waals surface area contributed by atoms with Crippen LogP contribution in [0.3, 0.4) is 0 Å². The van der Waals surface area contributed by atoms with Gasteiger partial charge in [0.1, 0.15) is 11.5 Å². The number of para-hydroxylation sites is 1. The third-order valence-corrected chi connectivity index (χ3v) is 7.28. The molecule has 162 valence electrons. The minimum Gasteiger partial charge on any atom is -0.497 e. The molecule has 1 unspecified atom stereocenters. The van der Waals surface area contributed by atoms with Gasteiger partial charge in [-0.2, -0.15) is 0 Å². The first-order chi connectivity index (χ1) is 15.6. The number of ether oxygens (including phenoxy) is 2. The Morgan fingerprint density at radius 2 is 1.50 bits per heavy atom. The van der Waals surface area contributed by atoms with Crippen molar-refractivity contribution in [2.24, 2.45) is 0 Å². The van der Waals surface area contributed by atoms with Gasteiger partial charge in [-0.05, 0) is 48.0 Å². The van der Waals surface area contributed by atoms with Crippen molar-refractivity contribution in [2.75, 3.05) is 29.8 Å². The van der Waals surface area contributed by atoms with Crippen molar-refractivity contribution in [3.63, 3.8) is 0 Å². The van der Waals surface area contributed by atoms with E-state index in [2.05, 4.69) is 0 Å². The maximum absolute atomic E-state index is 14.0. The third kappa shape index (κ3) is 3.04. The summed E-state index contributed by atoms with van der Waals surface area (Å²) in [5.74, 6) is 1.50. The molecule has 0 aromatic heterocycles. The van der Waals surface area contributed by atoms with Crippen LogP contribution in [0.5, 0.6) is 11.5 Å². The van der Waals surface area contributed by atoms with Crippen LogP contribution in [-0.4, -0.2) is 31.8 Å². The zero-order chi connectivity index (χ0) is 22.3. The predicted molar refractivity (Wildman–Crippen MR) is 125 cm³/mol. The van der Waals surface area contributed by atoms with Crippen molar-refractivity contribution in [2.45, 2.75) is 11.4 Å². The van der Waals surface area contributed by atoms with Crippen LogP contribution < -0.4 is 19.3 Å². The second kappa shape index (κ2) is 7.91. The molecule has 0 aliphatic carbocycles. The van der Waals surface area contributed by atoms with Crippen LogP contribution in [0.25, 0.3) is 0 Å². The van der Waals surface area contributed by atoms with Gasteiger partial charge in [-0.3, -0.25) is 14.5 Å². The third-order valence-electron chi connectivity index (χ3n) is 5.89. The normalized spacial score (nSPS) is 19.6. The van der Waals surface area contributed by atoms with Gasteiger partial charge in [0.25, 0.3) is 5.91 Å². The number of carbonyl (C=O) groups excluding carboxylic acids is 2. The summed E-state index contributed by atoms with van der Waals surface area (Å²) in [6.07, 6.45) is 0. The molecule has 5 rings (SSSR count). The quantitative estimate of drug-likeness (QED) is 0.588. The van der Waals surface area contributed by atoms with Crippen molar-refractivity contribution < 1.29 is 19.1 Å². The van der Waals surface area contributed by atoms with E-state index in [1.54, 1.807) is 36.2 Å². The number of nitrogens with zero attached hydrogens (tertiary/aromatic N) is 2. The Morgan fingerprint density at radius 3 is 2.16 bits per heavy atom. The van der Waals surface area contributed by atoms with E-state index in [4.69, 9.17) is 9.47 Å². The van der Waals surface area contributed by atoms with Gasteiger partial charge in [0.15, 0.2) is 0 Å². The molecule has 0 N–H and O–H groups in total. The molecule has 0 saturated carbocycles. The van der Waals surface area contributed by atoms with Crippen LogP contribution in [0.2, 0.25) is 0 Å². The highest BCUT2D eigenvalue weighted by Gasteiger charge is 2.60. The Kier molecular flexibility index (Phi) is 5.06. The maximum atomic E-state index is 14.0. The average molecular weight is 447 g/mol. The fourth-order valence-electron chi connectivity index (χ4n) is 4.36. The van der Waals surface area contributed by atoms with Gasteiger partial charge in [0.05, 0.1) is 32.2 Å². The van der Waals surface area contributed by atoms with E-state index in [9.17, 15) is 9.59 Å². The van der Waals surface area contributed by atoms with E-state index in [1.165, 1.54) is 11.8 Å². The van der Waals surface area contributed by atoms with Crippen molar-refractivity contribution >= 4 is 35.0 Å². The Bertz CT molecular complexity index is 1180. The highest BCUT2D eigenvalue weighted by Crippen LogP contribution is 2.56. The number of rotatable bonds is 5. The van der Waals surface area contributed by atoms with Crippen molar-refractivity contribution in [1.29, 1.82) is 0 Å². The summed E-state index contributed by atoms with van der Waals surface area (Å²) in [4.78, 5) is 29.4. The monoisotopic (exact) mass is 446 g/mol. The smallest absolute Gasteiger partial charge is 0.269 e. The number of hydrogen-bond acceptors (Lipinski definition) is 5. The fourth-order valence-corrected chi connectivity index (χ4v) is 5.72. The second-order valence-corrected chi connectivity index (χ2v) is 8.78. The van der Waals surface area contributed by atoms with Crippen LogP contribution in [-0.2, 0) is 21.0 Å². The molecule has 1 spiro atoms. The summed E-state index contributed by atoms with van der Waals surface area (Å²) in [5, 5.41) is 0. The van der Waals surface area contributed by atoms with Gasteiger partial charge in [0, 0.05) is 11.3 Å². The van der Waals surface area contributed by atoms with E-state index in [-0.39, 0.29) is 17.6 Å². The largest absolute Gasteiger partial charge is 0.497 e. The van der Waals surface area contributed by atoms with Gasteiger partial charge in [-0.15, -0.1) is 11.8 Å². The summed E-state index contributed by atoms with van der Waals surface area (Å²) in [5.41, 5.74) is 3.32. The SMILES string of the molecule is COc1ccc(CN2C(=O)C3(SCC(=O)N3c3ccc(OC)cc3)c3ccccc32)cc1. The summed E-state index contributed by atoms with van der Waals surface area (Å²) in [7, 11) is 3.22. The van der Waals surface area contributed by atoms with Crippen LogP contribution >= 0.6 is 11.8 Å². The standard InChI is InChI=1S/C25H22N2O4S/c1-30-19-11-7-17(8-12-19)15-26-22-6-4-3-5-21(22)25(24(26)29)27(23(28)16-32-25)18-9-13-20(31-2)14-10-18/h3-14H,15-16H2,1-2H3. The number of hydrogen-bond donors (Lipinski definition) is 0. The molecular weight excluding hydrogens is 424 g/mol. The fraction of sp³-hybridized carbons (Fsp3) is 0.200. The Hall–Kier alpha value is -3.45. The average Bonchev–Trinajstić information content (AvgIpc) is 3.30. The molecule has 0 bridgehead atoms. The minimum atomic E-state index is -1.12. The van der Waals surface area contributed by atoms with E-state index >= 15 is 0 Å². The summed E-state index contributed by atoms with van der Waals surface area (Å²) in [6, 6.07) is 22.7. The molecule has 6 nitrogen and oxygen atoms in total.